The van der Waals surface area contributed by atoms with Gasteiger partial charge < -0.3 is 40.2 Å². The van der Waals surface area contributed by atoms with Crippen LogP contribution in [0.3, 0.4) is 0 Å². The van der Waals surface area contributed by atoms with E-state index in [1.165, 1.54) is 69.1 Å². The molecule has 4 aromatic rings. The minimum atomic E-state index is -0.538. The molecule has 0 aromatic heterocycles. The lowest BCUT2D eigenvalue weighted by Gasteiger charge is -2.37. The molecule has 62 heavy (non-hydrogen) atoms. The van der Waals surface area contributed by atoms with E-state index in [4.69, 9.17) is 25.1 Å². The van der Waals surface area contributed by atoms with Crippen molar-refractivity contribution in [1.29, 1.82) is 0 Å². The number of rotatable bonds is 14. The third-order valence-corrected chi connectivity index (χ3v) is 12.7. The van der Waals surface area contributed by atoms with Gasteiger partial charge in [0.05, 0.1) is 45.6 Å². The van der Waals surface area contributed by atoms with Gasteiger partial charge in [-0.3, -0.25) is 4.79 Å². The molecule has 0 radical (unpaired) electrons. The van der Waals surface area contributed by atoms with Crippen LogP contribution in [0.2, 0.25) is 0 Å². The number of aliphatic hydroxyl groups is 2. The summed E-state index contributed by atoms with van der Waals surface area (Å²) < 4.78 is 21.9. The SMILES string of the molecule is C=C(CO)C(=C)OC.CC(C)(C)C1CCC(Oc2ccc3cc(CN)ccc3c2)CC1.COC(=O)C(CO)CNCc1ccc2cc(OC3CCC(C(C)(C)C)CC3)ccc2c1. The van der Waals surface area contributed by atoms with Crippen LogP contribution in [0.15, 0.2) is 97.3 Å². The fraction of sp³-hybridized carbons (Fsp3) is 0.528. The Morgan fingerprint density at radius 2 is 1.11 bits per heavy atom. The second-order valence-electron chi connectivity index (χ2n) is 19.2. The van der Waals surface area contributed by atoms with Crippen LogP contribution in [0.4, 0.5) is 0 Å². The van der Waals surface area contributed by atoms with E-state index < -0.39 is 11.9 Å². The van der Waals surface area contributed by atoms with Crippen molar-refractivity contribution in [2.75, 3.05) is 34.0 Å². The molecular formula is C53H76N2O7. The van der Waals surface area contributed by atoms with Gasteiger partial charge in [0.2, 0.25) is 0 Å². The van der Waals surface area contributed by atoms with Crippen molar-refractivity contribution in [2.45, 2.75) is 118 Å². The Balaban J connectivity index is 0.000000239. The number of benzene rings is 4. The Bertz CT molecular complexity index is 2020. The minimum Gasteiger partial charge on any atom is -0.497 e. The summed E-state index contributed by atoms with van der Waals surface area (Å²) in [5.41, 5.74) is 9.35. The number of nitrogens with two attached hydrogens (primary N) is 1. The molecule has 340 valence electrons. The molecule has 0 heterocycles. The number of fused-ring (bicyclic) bond motifs is 2. The molecule has 2 saturated carbocycles. The van der Waals surface area contributed by atoms with E-state index in [0.717, 1.165) is 52.5 Å². The Kier molecular flexibility index (Phi) is 19.3. The summed E-state index contributed by atoms with van der Waals surface area (Å²) in [4.78, 5) is 11.6. The van der Waals surface area contributed by atoms with Gasteiger partial charge in [0.15, 0.2) is 0 Å². The van der Waals surface area contributed by atoms with Gasteiger partial charge in [-0.05, 0) is 143 Å². The van der Waals surface area contributed by atoms with Crippen LogP contribution in [0, 0.1) is 28.6 Å². The highest BCUT2D eigenvalue weighted by Crippen LogP contribution is 2.40. The van der Waals surface area contributed by atoms with Gasteiger partial charge in [-0.2, -0.15) is 0 Å². The van der Waals surface area contributed by atoms with Crippen molar-refractivity contribution < 1.29 is 34.0 Å². The van der Waals surface area contributed by atoms with Gasteiger partial charge >= 0.3 is 5.97 Å². The quantitative estimate of drug-likeness (QED) is 0.0556. The zero-order chi connectivity index (χ0) is 45.5. The first-order valence-electron chi connectivity index (χ1n) is 22.5. The van der Waals surface area contributed by atoms with Gasteiger partial charge in [0.25, 0.3) is 0 Å². The van der Waals surface area contributed by atoms with Gasteiger partial charge in [-0.25, -0.2) is 0 Å². The molecule has 1 unspecified atom stereocenters. The van der Waals surface area contributed by atoms with Crippen molar-refractivity contribution in [3.63, 3.8) is 0 Å². The lowest BCUT2D eigenvalue weighted by molar-refractivity contribution is -0.146. The number of hydrogen-bond donors (Lipinski definition) is 4. The van der Waals surface area contributed by atoms with Gasteiger partial charge in [-0.1, -0.05) is 91.1 Å². The summed E-state index contributed by atoms with van der Waals surface area (Å²) in [6.45, 7) is 22.3. The first-order valence-corrected chi connectivity index (χ1v) is 22.5. The van der Waals surface area contributed by atoms with E-state index in [9.17, 15) is 9.90 Å². The highest BCUT2D eigenvalue weighted by Gasteiger charge is 2.31. The van der Waals surface area contributed by atoms with Crippen molar-refractivity contribution in [1.82, 2.24) is 5.32 Å². The van der Waals surface area contributed by atoms with E-state index >= 15 is 0 Å². The molecule has 0 amide bonds. The number of nitrogens with one attached hydrogen (secondary N) is 1. The summed E-state index contributed by atoms with van der Waals surface area (Å²) in [5.74, 6) is 3.06. The molecule has 6 rings (SSSR count). The van der Waals surface area contributed by atoms with Crippen molar-refractivity contribution >= 4 is 27.5 Å². The first-order chi connectivity index (χ1) is 29.5. The van der Waals surface area contributed by atoms with Gasteiger partial charge in [0.1, 0.15) is 17.3 Å². The van der Waals surface area contributed by atoms with E-state index in [0.29, 0.717) is 54.0 Å². The predicted molar refractivity (Wildman–Crippen MR) is 254 cm³/mol. The summed E-state index contributed by atoms with van der Waals surface area (Å²) in [6, 6.07) is 25.4. The van der Waals surface area contributed by atoms with Crippen molar-refractivity contribution in [2.24, 2.45) is 34.3 Å². The van der Waals surface area contributed by atoms with Gasteiger partial charge in [0, 0.05) is 25.2 Å². The maximum Gasteiger partial charge on any atom is 0.312 e. The number of carbonyl (C=O) groups excluding carboxylic acids is 1. The van der Waals surface area contributed by atoms with Crippen LogP contribution in [0.1, 0.15) is 104 Å². The average molecular weight is 853 g/mol. The highest BCUT2D eigenvalue weighted by molar-refractivity contribution is 5.85. The third-order valence-electron chi connectivity index (χ3n) is 12.7. The fourth-order valence-corrected chi connectivity index (χ4v) is 8.42. The van der Waals surface area contributed by atoms with Crippen LogP contribution in [0.5, 0.6) is 11.5 Å². The topological polar surface area (TPSA) is 132 Å². The molecule has 0 spiro atoms. The number of esters is 1. The predicted octanol–water partition coefficient (Wildman–Crippen LogP) is 10.7. The lowest BCUT2D eigenvalue weighted by Crippen LogP contribution is -2.31. The summed E-state index contributed by atoms with van der Waals surface area (Å²) in [5, 5.41) is 25.7. The Morgan fingerprint density at radius 1 is 0.677 bits per heavy atom. The monoisotopic (exact) mass is 853 g/mol. The number of methoxy groups -OCH3 is 2. The standard InChI is InChI=1S/C26H37NO4.C21H29NO.C6H10O2/c1-26(2,3)22-8-11-23(12-9-22)31-24-10-7-19-13-18(5-6-20(19)14-24)15-27-16-21(17-28)25(29)30-4;1-21(2,3)18-7-10-19(11-8-18)23-20-9-6-16-12-15(14-22)4-5-17(16)13-20;1-5(4-7)6(2)8-3/h5-7,10,13-14,21-23,27-28H,8-9,11-12,15-17H2,1-4H3;4-6,9,12-13,18-19H,7-8,10-11,14,22H2,1-3H3;7H,1-2,4H2,3H3. The molecule has 2 aliphatic rings. The second-order valence-corrected chi connectivity index (χ2v) is 19.2. The summed E-state index contributed by atoms with van der Waals surface area (Å²) >= 11 is 0. The highest BCUT2D eigenvalue weighted by atomic mass is 16.5. The molecule has 0 saturated heterocycles. The number of carbonyl (C=O) groups is 1. The van der Waals surface area contributed by atoms with Crippen LogP contribution in [-0.2, 0) is 27.4 Å². The van der Waals surface area contributed by atoms with E-state index in [1.54, 1.807) is 0 Å². The van der Waals surface area contributed by atoms with Crippen molar-refractivity contribution in [3.8, 4) is 11.5 Å². The normalized spacial score (nSPS) is 19.5. The van der Waals surface area contributed by atoms with Crippen LogP contribution < -0.4 is 20.5 Å². The average Bonchev–Trinajstić information content (AvgIpc) is 3.27. The molecule has 5 N–H and O–H groups in total. The Labute approximate surface area is 372 Å². The number of aliphatic hydroxyl groups excluding tert-OH is 2. The second kappa shape index (κ2) is 23.9. The molecular weight excluding hydrogens is 777 g/mol. The Hall–Kier alpha value is -4.41. The largest absolute Gasteiger partial charge is 0.497 e. The molecule has 4 aromatic carbocycles. The van der Waals surface area contributed by atoms with E-state index in [2.05, 4.69) is 138 Å². The first kappa shape index (κ1) is 50.2. The molecule has 2 fully saturated rings. The maximum absolute atomic E-state index is 11.6. The van der Waals surface area contributed by atoms with Crippen molar-refractivity contribution in [3.05, 3.63) is 108 Å². The zero-order valence-electron chi connectivity index (χ0n) is 38.9. The van der Waals surface area contributed by atoms with Crippen LogP contribution >= 0.6 is 0 Å². The van der Waals surface area contributed by atoms with E-state index in [1.807, 2.05) is 0 Å². The van der Waals surface area contributed by atoms with Gasteiger partial charge in [-0.15, -0.1) is 0 Å². The zero-order valence-corrected chi connectivity index (χ0v) is 38.9. The summed E-state index contributed by atoms with van der Waals surface area (Å²) in [6.07, 6.45) is 10.3. The minimum absolute atomic E-state index is 0.0906. The summed E-state index contributed by atoms with van der Waals surface area (Å²) in [7, 11) is 2.83. The molecule has 2 aliphatic carbocycles. The maximum atomic E-state index is 11.6. The third kappa shape index (κ3) is 15.4. The lowest BCUT2D eigenvalue weighted by atomic mass is 9.72. The molecule has 0 aliphatic heterocycles. The number of hydrogen-bond acceptors (Lipinski definition) is 9. The Morgan fingerprint density at radius 3 is 1.50 bits per heavy atom. The molecule has 0 bridgehead atoms. The molecule has 9 heteroatoms. The fourth-order valence-electron chi connectivity index (χ4n) is 8.42. The number of ether oxygens (including phenoxy) is 4. The van der Waals surface area contributed by atoms with Crippen LogP contribution in [0.25, 0.3) is 21.5 Å². The molecule has 1 atom stereocenters. The smallest absolute Gasteiger partial charge is 0.312 e. The van der Waals surface area contributed by atoms with E-state index in [-0.39, 0.29) is 13.2 Å². The molecule has 9 nitrogen and oxygen atoms in total. The van der Waals surface area contributed by atoms with Crippen LogP contribution in [-0.4, -0.2) is 62.4 Å².